The van der Waals surface area contributed by atoms with Gasteiger partial charge in [-0.1, -0.05) is 22.9 Å². The molecule has 1 rings (SSSR count). The fraction of sp³-hybridized carbons (Fsp3) is 0.364. The first-order chi connectivity index (χ1) is 6.60. The Labute approximate surface area is 92.4 Å². The minimum atomic E-state index is -0.266. The number of esters is 1. The molecule has 76 valence electrons. The molecule has 0 fully saturated rings. The smallest absolute Gasteiger partial charge is 0.338 e. The molecule has 0 radical (unpaired) electrons. The zero-order valence-electron chi connectivity index (χ0n) is 8.56. The van der Waals surface area contributed by atoms with E-state index in [0.717, 1.165) is 22.0 Å². The minimum Gasteiger partial charge on any atom is -0.465 e. The van der Waals surface area contributed by atoms with Gasteiger partial charge >= 0.3 is 5.97 Å². The SMILES string of the molecule is CCc1cc(Br)c(C)cc1C(=O)OC. The number of methoxy groups -OCH3 is 1. The van der Waals surface area contributed by atoms with Crippen LogP contribution in [0.5, 0.6) is 0 Å². The van der Waals surface area contributed by atoms with Gasteiger partial charge in [0, 0.05) is 4.47 Å². The van der Waals surface area contributed by atoms with E-state index in [0.29, 0.717) is 5.56 Å². The third-order valence-electron chi connectivity index (χ3n) is 2.17. The van der Waals surface area contributed by atoms with Crippen molar-refractivity contribution in [2.24, 2.45) is 0 Å². The molecule has 2 nitrogen and oxygen atoms in total. The van der Waals surface area contributed by atoms with Crippen LogP contribution in [0.2, 0.25) is 0 Å². The summed E-state index contributed by atoms with van der Waals surface area (Å²) in [5, 5.41) is 0. The number of ether oxygens (including phenoxy) is 1. The van der Waals surface area contributed by atoms with Gasteiger partial charge in [-0.15, -0.1) is 0 Å². The molecule has 0 N–H and O–H groups in total. The van der Waals surface area contributed by atoms with Crippen molar-refractivity contribution in [1.82, 2.24) is 0 Å². The first kappa shape index (κ1) is 11.2. The van der Waals surface area contributed by atoms with Gasteiger partial charge in [0.1, 0.15) is 0 Å². The quantitative estimate of drug-likeness (QED) is 0.761. The van der Waals surface area contributed by atoms with E-state index < -0.39 is 0 Å². The van der Waals surface area contributed by atoms with Gasteiger partial charge in [0.25, 0.3) is 0 Å². The second-order valence-electron chi connectivity index (χ2n) is 3.10. The van der Waals surface area contributed by atoms with Crippen molar-refractivity contribution in [2.45, 2.75) is 20.3 Å². The Balaban J connectivity index is 3.27. The van der Waals surface area contributed by atoms with Crippen LogP contribution in [0.3, 0.4) is 0 Å². The summed E-state index contributed by atoms with van der Waals surface area (Å²) >= 11 is 3.44. The van der Waals surface area contributed by atoms with E-state index in [1.54, 1.807) is 0 Å². The van der Waals surface area contributed by atoms with E-state index in [4.69, 9.17) is 4.74 Å². The molecule has 0 aliphatic rings. The molecule has 0 heterocycles. The van der Waals surface area contributed by atoms with Gasteiger partial charge in [-0.2, -0.15) is 0 Å². The summed E-state index contributed by atoms with van der Waals surface area (Å²) in [5.74, 6) is -0.266. The van der Waals surface area contributed by atoms with Crippen molar-refractivity contribution >= 4 is 21.9 Å². The molecule has 0 aliphatic carbocycles. The van der Waals surface area contributed by atoms with E-state index in [-0.39, 0.29) is 5.97 Å². The molecule has 3 heteroatoms. The van der Waals surface area contributed by atoms with E-state index in [1.165, 1.54) is 7.11 Å². The summed E-state index contributed by atoms with van der Waals surface area (Å²) < 4.78 is 5.75. The average molecular weight is 257 g/mol. The number of carbonyl (C=O) groups excluding carboxylic acids is 1. The minimum absolute atomic E-state index is 0.266. The fourth-order valence-corrected chi connectivity index (χ4v) is 1.71. The van der Waals surface area contributed by atoms with Gasteiger partial charge < -0.3 is 4.74 Å². The monoisotopic (exact) mass is 256 g/mol. The molecule has 1 aromatic rings. The normalized spacial score (nSPS) is 10.0. The first-order valence-corrected chi connectivity index (χ1v) is 5.26. The van der Waals surface area contributed by atoms with E-state index >= 15 is 0 Å². The van der Waals surface area contributed by atoms with E-state index in [9.17, 15) is 4.79 Å². The Morgan fingerprint density at radius 1 is 1.50 bits per heavy atom. The van der Waals surface area contributed by atoms with Crippen LogP contribution in [0.15, 0.2) is 16.6 Å². The predicted molar refractivity (Wildman–Crippen MR) is 59.6 cm³/mol. The molecule has 0 atom stereocenters. The molecule has 0 saturated heterocycles. The standard InChI is InChI=1S/C11H13BrO2/c1-4-8-6-10(12)7(2)5-9(8)11(13)14-3/h5-6H,4H2,1-3H3. The zero-order chi connectivity index (χ0) is 10.7. The number of hydrogen-bond donors (Lipinski definition) is 0. The Kier molecular flexibility index (Phi) is 3.69. The van der Waals surface area contributed by atoms with Crippen LogP contribution in [0.4, 0.5) is 0 Å². The molecule has 0 spiro atoms. The van der Waals surface area contributed by atoms with Gasteiger partial charge in [-0.05, 0) is 36.6 Å². The van der Waals surface area contributed by atoms with Crippen molar-refractivity contribution in [3.63, 3.8) is 0 Å². The highest BCUT2D eigenvalue weighted by Crippen LogP contribution is 2.22. The lowest BCUT2D eigenvalue weighted by atomic mass is 10.0. The predicted octanol–water partition coefficient (Wildman–Crippen LogP) is 3.11. The van der Waals surface area contributed by atoms with Gasteiger partial charge in [0.15, 0.2) is 0 Å². The summed E-state index contributed by atoms with van der Waals surface area (Å²) in [6.45, 7) is 3.97. The largest absolute Gasteiger partial charge is 0.465 e. The number of hydrogen-bond acceptors (Lipinski definition) is 2. The van der Waals surface area contributed by atoms with Crippen molar-refractivity contribution in [2.75, 3.05) is 7.11 Å². The van der Waals surface area contributed by atoms with Crippen LogP contribution >= 0.6 is 15.9 Å². The molecule has 0 bridgehead atoms. The lowest BCUT2D eigenvalue weighted by molar-refractivity contribution is 0.0599. The number of aryl methyl sites for hydroxylation is 2. The second kappa shape index (κ2) is 4.60. The highest BCUT2D eigenvalue weighted by molar-refractivity contribution is 9.10. The second-order valence-corrected chi connectivity index (χ2v) is 3.96. The number of rotatable bonds is 2. The molecule has 0 aromatic heterocycles. The Hall–Kier alpha value is -0.830. The van der Waals surface area contributed by atoms with Crippen LogP contribution in [-0.2, 0) is 11.2 Å². The lowest BCUT2D eigenvalue weighted by Crippen LogP contribution is -2.06. The molecular formula is C11H13BrO2. The van der Waals surface area contributed by atoms with Crippen molar-refractivity contribution in [3.05, 3.63) is 33.3 Å². The molecule has 14 heavy (non-hydrogen) atoms. The van der Waals surface area contributed by atoms with Crippen LogP contribution < -0.4 is 0 Å². The molecular weight excluding hydrogens is 244 g/mol. The summed E-state index contributed by atoms with van der Waals surface area (Å²) in [6.07, 6.45) is 0.823. The Bertz CT molecular complexity index is 359. The number of carbonyl (C=O) groups is 1. The van der Waals surface area contributed by atoms with Crippen molar-refractivity contribution in [3.8, 4) is 0 Å². The number of benzene rings is 1. The molecule has 0 aliphatic heterocycles. The highest BCUT2D eigenvalue weighted by Gasteiger charge is 2.12. The van der Waals surface area contributed by atoms with E-state index in [1.807, 2.05) is 26.0 Å². The van der Waals surface area contributed by atoms with Crippen LogP contribution in [0, 0.1) is 6.92 Å². The maximum atomic E-state index is 11.4. The Morgan fingerprint density at radius 3 is 2.64 bits per heavy atom. The summed E-state index contributed by atoms with van der Waals surface area (Å²) in [6, 6.07) is 3.83. The maximum Gasteiger partial charge on any atom is 0.338 e. The third-order valence-corrected chi connectivity index (χ3v) is 3.03. The van der Waals surface area contributed by atoms with Crippen molar-refractivity contribution < 1.29 is 9.53 Å². The van der Waals surface area contributed by atoms with Crippen molar-refractivity contribution in [1.29, 1.82) is 0 Å². The first-order valence-electron chi connectivity index (χ1n) is 4.47. The van der Waals surface area contributed by atoms with Crippen LogP contribution in [0.1, 0.15) is 28.4 Å². The van der Waals surface area contributed by atoms with Crippen LogP contribution in [0.25, 0.3) is 0 Å². The fourth-order valence-electron chi connectivity index (χ4n) is 1.32. The number of halogens is 1. The molecule has 1 aromatic carbocycles. The zero-order valence-corrected chi connectivity index (χ0v) is 10.1. The van der Waals surface area contributed by atoms with Gasteiger partial charge in [0.05, 0.1) is 12.7 Å². The maximum absolute atomic E-state index is 11.4. The van der Waals surface area contributed by atoms with E-state index in [2.05, 4.69) is 15.9 Å². The summed E-state index contributed by atoms with van der Waals surface area (Å²) in [5.41, 5.74) is 2.72. The molecule has 0 saturated carbocycles. The van der Waals surface area contributed by atoms with Gasteiger partial charge in [-0.25, -0.2) is 4.79 Å². The summed E-state index contributed by atoms with van der Waals surface area (Å²) in [7, 11) is 1.40. The lowest BCUT2D eigenvalue weighted by Gasteiger charge is -2.08. The third kappa shape index (κ3) is 2.15. The molecule has 0 unspecified atom stereocenters. The topological polar surface area (TPSA) is 26.3 Å². The highest BCUT2D eigenvalue weighted by atomic mass is 79.9. The van der Waals surface area contributed by atoms with Gasteiger partial charge in [0.2, 0.25) is 0 Å². The van der Waals surface area contributed by atoms with Crippen LogP contribution in [-0.4, -0.2) is 13.1 Å². The average Bonchev–Trinajstić information content (AvgIpc) is 2.20. The van der Waals surface area contributed by atoms with Gasteiger partial charge in [-0.3, -0.25) is 0 Å². The Morgan fingerprint density at radius 2 is 2.14 bits per heavy atom. The summed E-state index contributed by atoms with van der Waals surface area (Å²) in [4.78, 5) is 11.4. The molecule has 0 amide bonds.